The predicted octanol–water partition coefficient (Wildman–Crippen LogP) is 4.22. The molecule has 0 fully saturated rings. The zero-order valence-corrected chi connectivity index (χ0v) is 12.4. The van der Waals surface area contributed by atoms with E-state index in [2.05, 4.69) is 0 Å². The SMILES string of the molecule is CN(C)Cc1ccc(-c2ccc(C(=O)C(F)(F)F)s2)cc1. The Bertz CT molecular complexity index is 629. The normalized spacial score (nSPS) is 11.9. The van der Waals surface area contributed by atoms with Gasteiger partial charge in [-0.15, -0.1) is 11.3 Å². The smallest absolute Gasteiger partial charge is 0.305 e. The number of alkyl halides is 3. The van der Waals surface area contributed by atoms with Crippen LogP contribution in [0.1, 0.15) is 15.2 Å². The minimum atomic E-state index is -4.82. The molecular weight excluding hydrogens is 299 g/mol. The van der Waals surface area contributed by atoms with Gasteiger partial charge in [0.25, 0.3) is 5.78 Å². The molecule has 0 aliphatic carbocycles. The molecule has 2 nitrogen and oxygen atoms in total. The molecule has 0 saturated heterocycles. The molecule has 0 bridgehead atoms. The van der Waals surface area contributed by atoms with E-state index in [0.29, 0.717) is 4.88 Å². The lowest BCUT2D eigenvalue weighted by molar-refractivity contribution is -0.0882. The summed E-state index contributed by atoms with van der Waals surface area (Å²) in [5.41, 5.74) is 1.93. The van der Waals surface area contributed by atoms with Crippen LogP contribution in [0.15, 0.2) is 36.4 Å². The highest BCUT2D eigenvalue weighted by molar-refractivity contribution is 7.17. The summed E-state index contributed by atoms with van der Waals surface area (Å²) in [5, 5.41) is 0. The Morgan fingerprint density at radius 1 is 1.10 bits per heavy atom. The first-order valence-electron chi connectivity index (χ1n) is 6.23. The number of carbonyl (C=O) groups excluding carboxylic acids is 1. The molecule has 2 aromatic rings. The summed E-state index contributed by atoms with van der Waals surface area (Å²) in [6, 6.07) is 10.3. The van der Waals surface area contributed by atoms with Crippen LogP contribution in [0.2, 0.25) is 0 Å². The number of carbonyl (C=O) groups is 1. The van der Waals surface area contributed by atoms with Gasteiger partial charge in [0.05, 0.1) is 4.88 Å². The maximum atomic E-state index is 12.4. The van der Waals surface area contributed by atoms with Gasteiger partial charge in [-0.2, -0.15) is 13.2 Å². The summed E-state index contributed by atoms with van der Waals surface area (Å²) >= 11 is 0.861. The van der Waals surface area contributed by atoms with Crippen LogP contribution in [0.5, 0.6) is 0 Å². The van der Waals surface area contributed by atoms with Crippen molar-refractivity contribution in [3.05, 3.63) is 46.8 Å². The highest BCUT2D eigenvalue weighted by Gasteiger charge is 2.40. The summed E-state index contributed by atoms with van der Waals surface area (Å²) in [7, 11) is 3.92. The van der Waals surface area contributed by atoms with E-state index in [0.717, 1.165) is 29.0 Å². The maximum absolute atomic E-state index is 12.4. The largest absolute Gasteiger partial charge is 0.455 e. The molecule has 21 heavy (non-hydrogen) atoms. The standard InChI is InChI=1S/C15H14F3NOS/c1-19(2)9-10-3-5-11(6-4-10)12-7-8-13(21-12)14(20)15(16,17)18/h3-8H,9H2,1-2H3. The summed E-state index contributed by atoms with van der Waals surface area (Å²) in [4.78, 5) is 13.6. The zero-order valence-electron chi connectivity index (χ0n) is 11.6. The lowest BCUT2D eigenvalue weighted by Gasteiger charge is -2.09. The van der Waals surface area contributed by atoms with E-state index in [1.54, 1.807) is 6.07 Å². The molecule has 2 rings (SSSR count). The van der Waals surface area contributed by atoms with E-state index >= 15 is 0 Å². The van der Waals surface area contributed by atoms with Gasteiger partial charge in [-0.3, -0.25) is 4.79 Å². The van der Waals surface area contributed by atoms with Crippen molar-refractivity contribution in [2.75, 3.05) is 14.1 Å². The van der Waals surface area contributed by atoms with Crippen molar-refractivity contribution >= 4 is 17.1 Å². The van der Waals surface area contributed by atoms with Crippen LogP contribution in [-0.4, -0.2) is 31.0 Å². The molecule has 0 N–H and O–H groups in total. The Morgan fingerprint density at radius 2 is 1.71 bits per heavy atom. The summed E-state index contributed by atoms with van der Waals surface area (Å²) in [6.07, 6.45) is -4.82. The summed E-state index contributed by atoms with van der Waals surface area (Å²) < 4.78 is 37.1. The fourth-order valence-corrected chi connectivity index (χ4v) is 2.87. The van der Waals surface area contributed by atoms with Gasteiger partial charge in [-0.05, 0) is 37.4 Å². The number of hydrogen-bond donors (Lipinski definition) is 0. The third kappa shape index (κ3) is 3.92. The van der Waals surface area contributed by atoms with E-state index in [9.17, 15) is 18.0 Å². The van der Waals surface area contributed by atoms with Crippen molar-refractivity contribution in [2.45, 2.75) is 12.7 Å². The van der Waals surface area contributed by atoms with Crippen molar-refractivity contribution in [3.8, 4) is 10.4 Å². The second kappa shape index (κ2) is 5.99. The van der Waals surface area contributed by atoms with Gasteiger partial charge in [0.1, 0.15) is 0 Å². The van der Waals surface area contributed by atoms with Gasteiger partial charge in [0.2, 0.25) is 0 Å². The number of rotatable bonds is 4. The molecule has 112 valence electrons. The third-order valence-electron chi connectivity index (χ3n) is 2.82. The van der Waals surface area contributed by atoms with Crippen molar-refractivity contribution in [3.63, 3.8) is 0 Å². The van der Waals surface area contributed by atoms with Gasteiger partial charge in [0, 0.05) is 11.4 Å². The van der Waals surface area contributed by atoms with Gasteiger partial charge in [0.15, 0.2) is 0 Å². The van der Waals surface area contributed by atoms with Crippen LogP contribution in [0.4, 0.5) is 13.2 Å². The van der Waals surface area contributed by atoms with E-state index in [1.165, 1.54) is 6.07 Å². The molecule has 6 heteroatoms. The number of Topliss-reactive ketones (excluding diaryl/α,β-unsaturated/α-hetero) is 1. The third-order valence-corrected chi connectivity index (χ3v) is 3.96. The summed E-state index contributed by atoms with van der Waals surface area (Å²) in [5.74, 6) is -1.79. The Hall–Kier alpha value is -1.66. The first-order valence-corrected chi connectivity index (χ1v) is 7.04. The van der Waals surface area contributed by atoms with Crippen LogP contribution < -0.4 is 0 Å². The number of halogens is 3. The maximum Gasteiger partial charge on any atom is 0.455 e. The molecule has 0 saturated carbocycles. The van der Waals surface area contributed by atoms with E-state index in [-0.39, 0.29) is 4.88 Å². The van der Waals surface area contributed by atoms with Crippen molar-refractivity contribution in [1.29, 1.82) is 0 Å². The molecule has 0 aliphatic rings. The first kappa shape index (κ1) is 15.7. The molecule has 0 radical (unpaired) electrons. The Labute approximate surface area is 124 Å². The lowest BCUT2D eigenvalue weighted by atomic mass is 10.1. The topological polar surface area (TPSA) is 20.3 Å². The van der Waals surface area contributed by atoms with Gasteiger partial charge >= 0.3 is 6.18 Å². The lowest BCUT2D eigenvalue weighted by Crippen LogP contribution is -2.21. The minimum Gasteiger partial charge on any atom is -0.305 e. The van der Waals surface area contributed by atoms with Crippen molar-refractivity contribution in [1.82, 2.24) is 4.90 Å². The van der Waals surface area contributed by atoms with Crippen LogP contribution >= 0.6 is 11.3 Å². The molecule has 0 unspecified atom stereocenters. The Balaban J connectivity index is 2.20. The molecule has 1 aromatic carbocycles. The van der Waals surface area contributed by atoms with E-state index < -0.39 is 12.0 Å². The van der Waals surface area contributed by atoms with E-state index in [1.807, 2.05) is 43.3 Å². The number of ketones is 1. The Morgan fingerprint density at radius 3 is 2.24 bits per heavy atom. The fourth-order valence-electron chi connectivity index (χ4n) is 1.89. The van der Waals surface area contributed by atoms with Gasteiger partial charge < -0.3 is 4.90 Å². The van der Waals surface area contributed by atoms with E-state index in [4.69, 9.17) is 0 Å². The van der Waals surface area contributed by atoms with Crippen LogP contribution in [-0.2, 0) is 6.54 Å². The quantitative estimate of drug-likeness (QED) is 0.788. The number of hydrogen-bond acceptors (Lipinski definition) is 3. The van der Waals surface area contributed by atoms with Crippen LogP contribution in [0.3, 0.4) is 0 Å². The first-order chi connectivity index (χ1) is 9.77. The van der Waals surface area contributed by atoms with Crippen LogP contribution in [0, 0.1) is 0 Å². The predicted molar refractivity (Wildman–Crippen MR) is 77.5 cm³/mol. The minimum absolute atomic E-state index is 0.283. The van der Waals surface area contributed by atoms with Crippen molar-refractivity contribution in [2.24, 2.45) is 0 Å². The highest BCUT2D eigenvalue weighted by atomic mass is 32.1. The second-order valence-corrected chi connectivity index (χ2v) is 6.01. The number of nitrogens with zero attached hydrogens (tertiary/aromatic N) is 1. The molecule has 1 heterocycles. The number of benzene rings is 1. The van der Waals surface area contributed by atoms with Crippen LogP contribution in [0.25, 0.3) is 10.4 Å². The molecule has 0 atom stereocenters. The average Bonchev–Trinajstić information content (AvgIpc) is 2.86. The summed E-state index contributed by atoms with van der Waals surface area (Å²) in [6.45, 7) is 0.794. The molecule has 1 aromatic heterocycles. The average molecular weight is 313 g/mol. The second-order valence-electron chi connectivity index (χ2n) is 4.93. The highest BCUT2D eigenvalue weighted by Crippen LogP contribution is 2.32. The molecule has 0 amide bonds. The molecule has 0 spiro atoms. The van der Waals surface area contributed by atoms with Crippen molar-refractivity contribution < 1.29 is 18.0 Å². The fraction of sp³-hybridized carbons (Fsp3) is 0.267. The molecule has 0 aliphatic heterocycles. The number of thiophene rings is 1. The van der Waals surface area contributed by atoms with Gasteiger partial charge in [-0.25, -0.2) is 0 Å². The van der Waals surface area contributed by atoms with Gasteiger partial charge in [-0.1, -0.05) is 24.3 Å². The monoisotopic (exact) mass is 313 g/mol. The molecular formula is C15H14F3NOS. The Kier molecular flexibility index (Phi) is 4.49. The zero-order chi connectivity index (χ0) is 15.6.